The SMILES string of the molecule is CC.CC.CC.C[C@@H]1[C@@H](O)[C@H](O)O[C@H](C(=O)O)[C@H]1O.C[C@@H]1[C@@H](O)[C@H](O)[C@@H](C(=O)O)O[C@H]1O.C[C@H]1[C@H](O)[C@@H](O)[C@H](O)O[C@@H]1C(=O)O. The molecule has 3 heterocycles. The molecule has 0 spiro atoms. The molecule has 0 aromatic rings. The molecular formula is C27H54O18. The van der Waals surface area contributed by atoms with E-state index in [1.165, 1.54) is 20.8 Å². The molecule has 18 heteroatoms. The van der Waals surface area contributed by atoms with E-state index < -0.39 is 109 Å². The fraction of sp³-hybridized carbons (Fsp3) is 0.889. The normalized spacial score (nSPS) is 40.3. The summed E-state index contributed by atoms with van der Waals surface area (Å²) < 4.78 is 13.7. The van der Waals surface area contributed by atoms with Crippen molar-refractivity contribution >= 4 is 17.9 Å². The van der Waals surface area contributed by atoms with Crippen molar-refractivity contribution in [2.75, 3.05) is 0 Å². The molecule has 45 heavy (non-hydrogen) atoms. The lowest BCUT2D eigenvalue weighted by molar-refractivity contribution is -0.265. The Kier molecular flexibility index (Phi) is 24.5. The van der Waals surface area contributed by atoms with Crippen molar-refractivity contribution in [3.63, 3.8) is 0 Å². The number of aliphatic hydroxyl groups excluding tert-OH is 9. The molecule has 3 aliphatic rings. The average Bonchev–Trinajstić information content (AvgIpc) is 3.02. The Morgan fingerprint density at radius 1 is 0.378 bits per heavy atom. The lowest BCUT2D eigenvalue weighted by Crippen LogP contribution is -2.56. The van der Waals surface area contributed by atoms with E-state index in [9.17, 15) is 39.9 Å². The third kappa shape index (κ3) is 13.7. The van der Waals surface area contributed by atoms with Gasteiger partial charge in [0.15, 0.2) is 37.2 Å². The third-order valence-corrected chi connectivity index (χ3v) is 6.57. The Morgan fingerprint density at radius 3 is 1.09 bits per heavy atom. The van der Waals surface area contributed by atoms with E-state index in [1.54, 1.807) is 0 Å². The highest BCUT2D eigenvalue weighted by Crippen LogP contribution is 2.26. The van der Waals surface area contributed by atoms with E-state index in [0.717, 1.165) is 0 Å². The van der Waals surface area contributed by atoms with Crippen LogP contribution in [0.3, 0.4) is 0 Å². The number of ether oxygens (including phenoxy) is 3. The first-order chi connectivity index (χ1) is 20.8. The zero-order valence-corrected chi connectivity index (χ0v) is 27.0. The van der Waals surface area contributed by atoms with Crippen LogP contribution in [0.1, 0.15) is 62.3 Å². The van der Waals surface area contributed by atoms with E-state index in [-0.39, 0.29) is 0 Å². The van der Waals surface area contributed by atoms with Gasteiger partial charge >= 0.3 is 17.9 Å². The van der Waals surface area contributed by atoms with Gasteiger partial charge < -0.3 is 75.5 Å². The summed E-state index contributed by atoms with van der Waals surface area (Å²) in [4.78, 5) is 31.5. The zero-order chi connectivity index (χ0) is 36.5. The van der Waals surface area contributed by atoms with Gasteiger partial charge in [0.25, 0.3) is 0 Å². The molecule has 0 bridgehead atoms. The van der Waals surface area contributed by atoms with E-state index in [0.29, 0.717) is 0 Å². The number of hydrogen-bond acceptors (Lipinski definition) is 15. The summed E-state index contributed by atoms with van der Waals surface area (Å²) in [6.07, 6.45) is -17.0. The molecule has 18 nitrogen and oxygen atoms in total. The number of aliphatic carboxylic acids is 3. The van der Waals surface area contributed by atoms with Crippen LogP contribution in [-0.2, 0) is 28.6 Å². The predicted molar refractivity (Wildman–Crippen MR) is 153 cm³/mol. The molecule has 0 amide bonds. The Morgan fingerprint density at radius 2 is 0.689 bits per heavy atom. The minimum atomic E-state index is -1.65. The second-order valence-corrected chi connectivity index (χ2v) is 9.38. The highest BCUT2D eigenvalue weighted by Gasteiger charge is 2.46. The van der Waals surface area contributed by atoms with Crippen LogP contribution < -0.4 is 0 Å². The van der Waals surface area contributed by atoms with Gasteiger partial charge in [-0.1, -0.05) is 62.3 Å². The first kappa shape index (κ1) is 47.3. The lowest BCUT2D eigenvalue weighted by Gasteiger charge is -2.37. The number of carbonyl (C=O) groups is 3. The Hall–Kier alpha value is -2.07. The molecule has 0 radical (unpaired) electrons. The highest BCUT2D eigenvalue weighted by molar-refractivity contribution is 5.74. The second-order valence-electron chi connectivity index (χ2n) is 9.38. The summed E-state index contributed by atoms with van der Waals surface area (Å²) in [6, 6.07) is 0. The van der Waals surface area contributed by atoms with Crippen molar-refractivity contribution in [1.29, 1.82) is 0 Å². The van der Waals surface area contributed by atoms with E-state index >= 15 is 0 Å². The molecule has 270 valence electrons. The maximum atomic E-state index is 10.5. The summed E-state index contributed by atoms with van der Waals surface area (Å²) in [5.41, 5.74) is 0. The molecule has 15 atom stereocenters. The van der Waals surface area contributed by atoms with Crippen LogP contribution in [0, 0.1) is 17.8 Å². The molecule has 0 unspecified atom stereocenters. The Labute approximate surface area is 262 Å². The highest BCUT2D eigenvalue weighted by atomic mass is 16.7. The molecule has 12 N–H and O–H groups in total. The minimum absolute atomic E-state index is 0.703. The van der Waals surface area contributed by atoms with Crippen LogP contribution in [0.5, 0.6) is 0 Å². The molecule has 0 aromatic carbocycles. The maximum absolute atomic E-state index is 10.5. The summed E-state index contributed by atoms with van der Waals surface area (Å²) in [5.74, 6) is -6.22. The van der Waals surface area contributed by atoms with Crippen LogP contribution in [0.15, 0.2) is 0 Å². The van der Waals surface area contributed by atoms with Gasteiger partial charge in [-0.15, -0.1) is 0 Å². The number of carboxylic acids is 3. The fourth-order valence-corrected chi connectivity index (χ4v) is 3.77. The monoisotopic (exact) mass is 666 g/mol. The van der Waals surface area contributed by atoms with Crippen molar-refractivity contribution < 1.29 is 89.9 Å². The largest absolute Gasteiger partial charge is 0.479 e. The standard InChI is InChI=1S/3C7H12O6.3C2H6/c1-2-3(8)4(9)5(6(10)11)13-7(2)12;1-2-3(8)4(9)7(12)13-5(2)6(10)11;1-2-3(8)5(6(10)11)13-7(12)4(2)9;3*1-2/h3*2-5,7-9,12H,1H3,(H,10,11);3*1-2H3/t2-,3-,4+,5+,7-;2*2-,3-,4+,5-,7+;;;/m100.../s1. The van der Waals surface area contributed by atoms with E-state index in [4.69, 9.17) is 35.7 Å². The molecule has 3 rings (SSSR count). The van der Waals surface area contributed by atoms with Gasteiger partial charge in [-0.3, -0.25) is 0 Å². The maximum Gasteiger partial charge on any atom is 0.335 e. The van der Waals surface area contributed by atoms with Crippen molar-refractivity contribution in [3.05, 3.63) is 0 Å². The van der Waals surface area contributed by atoms with Gasteiger partial charge in [-0.25, -0.2) is 14.4 Å². The minimum Gasteiger partial charge on any atom is -0.479 e. The summed E-state index contributed by atoms with van der Waals surface area (Å²) in [7, 11) is 0. The van der Waals surface area contributed by atoms with Gasteiger partial charge in [0.2, 0.25) is 0 Å². The predicted octanol–water partition coefficient (Wildman–Crippen LogP) is -2.48. The van der Waals surface area contributed by atoms with Crippen LogP contribution in [0.25, 0.3) is 0 Å². The molecular weight excluding hydrogens is 612 g/mol. The van der Waals surface area contributed by atoms with Gasteiger partial charge in [0.05, 0.1) is 18.3 Å². The van der Waals surface area contributed by atoms with E-state index in [2.05, 4.69) is 14.2 Å². The summed E-state index contributed by atoms with van der Waals surface area (Å²) >= 11 is 0. The van der Waals surface area contributed by atoms with Gasteiger partial charge in [0, 0.05) is 17.8 Å². The first-order valence-electron chi connectivity index (χ1n) is 14.6. The molecule has 0 aliphatic carbocycles. The quantitative estimate of drug-likeness (QED) is 0.148. The van der Waals surface area contributed by atoms with Gasteiger partial charge in [0.1, 0.15) is 18.3 Å². The summed E-state index contributed by atoms with van der Waals surface area (Å²) in [5, 5.41) is 108. The van der Waals surface area contributed by atoms with Crippen LogP contribution in [0.2, 0.25) is 0 Å². The Bertz CT molecular complexity index is 725. The molecule has 3 fully saturated rings. The first-order valence-corrected chi connectivity index (χ1v) is 14.6. The number of rotatable bonds is 3. The van der Waals surface area contributed by atoms with Crippen LogP contribution in [0.4, 0.5) is 0 Å². The van der Waals surface area contributed by atoms with Crippen molar-refractivity contribution in [1.82, 2.24) is 0 Å². The number of carboxylic acid groups (broad SMARTS) is 3. The Balaban J connectivity index is -0.000000541. The fourth-order valence-electron chi connectivity index (χ4n) is 3.77. The molecule has 3 saturated heterocycles. The topological polar surface area (TPSA) is 322 Å². The van der Waals surface area contributed by atoms with Crippen molar-refractivity contribution in [3.8, 4) is 0 Å². The van der Waals surface area contributed by atoms with Crippen LogP contribution in [-0.4, -0.2) is 153 Å². The third-order valence-electron chi connectivity index (χ3n) is 6.57. The molecule has 0 aromatic heterocycles. The second kappa shape index (κ2) is 23.3. The lowest BCUT2D eigenvalue weighted by atomic mass is 9.91. The summed E-state index contributed by atoms with van der Waals surface area (Å²) in [6.45, 7) is 16.3. The number of hydrogen-bond donors (Lipinski definition) is 12. The van der Waals surface area contributed by atoms with Crippen molar-refractivity contribution in [2.24, 2.45) is 17.8 Å². The van der Waals surface area contributed by atoms with Crippen molar-refractivity contribution in [2.45, 2.75) is 136 Å². The smallest absolute Gasteiger partial charge is 0.335 e. The van der Waals surface area contributed by atoms with Gasteiger partial charge in [-0.05, 0) is 0 Å². The van der Waals surface area contributed by atoms with E-state index in [1.807, 2.05) is 41.5 Å². The zero-order valence-electron chi connectivity index (χ0n) is 27.0. The molecule has 0 saturated carbocycles. The van der Waals surface area contributed by atoms with Crippen LogP contribution >= 0.6 is 0 Å². The van der Waals surface area contributed by atoms with Gasteiger partial charge in [-0.2, -0.15) is 0 Å². The molecule has 3 aliphatic heterocycles. The average molecular weight is 667 g/mol. The number of aliphatic hydroxyl groups is 9.